The fourth-order valence-corrected chi connectivity index (χ4v) is 4.62. The molecule has 2 heterocycles. The van der Waals surface area contributed by atoms with E-state index in [-0.39, 0.29) is 5.91 Å². The van der Waals surface area contributed by atoms with Crippen molar-refractivity contribution in [1.29, 1.82) is 0 Å². The zero-order valence-electron chi connectivity index (χ0n) is 16.7. The summed E-state index contributed by atoms with van der Waals surface area (Å²) in [6.45, 7) is 3.29. The van der Waals surface area contributed by atoms with E-state index in [9.17, 15) is 4.79 Å². The predicted molar refractivity (Wildman–Crippen MR) is 117 cm³/mol. The number of rotatable bonds is 7. The van der Waals surface area contributed by atoms with Crippen LogP contribution in [0.4, 0.5) is 11.6 Å². The monoisotopic (exact) mass is 413 g/mol. The Balaban J connectivity index is 1.32. The second-order valence-electron chi connectivity index (χ2n) is 7.93. The predicted octanol–water partition coefficient (Wildman–Crippen LogP) is 3.77. The second-order valence-corrected chi connectivity index (χ2v) is 8.37. The Bertz CT molecular complexity index is 829. The molecule has 1 saturated heterocycles. The minimum atomic E-state index is -0.428. The fourth-order valence-electron chi connectivity index (χ4n) is 4.49. The van der Waals surface area contributed by atoms with Gasteiger partial charge in [0.25, 0.3) is 0 Å². The molecule has 154 valence electrons. The molecule has 1 aromatic heterocycles. The largest absolute Gasteiger partial charge is 0.368 e. The molecule has 4 rings (SSSR count). The molecule has 6 nitrogen and oxygen atoms in total. The van der Waals surface area contributed by atoms with E-state index < -0.39 is 5.41 Å². The number of halogens is 1. The van der Waals surface area contributed by atoms with Crippen molar-refractivity contribution in [1.82, 2.24) is 15.3 Å². The van der Waals surface area contributed by atoms with Gasteiger partial charge in [0.2, 0.25) is 5.91 Å². The molecule has 2 aromatic rings. The summed E-state index contributed by atoms with van der Waals surface area (Å²) < 4.78 is 0. The smallest absolute Gasteiger partial charge is 0.230 e. The molecule has 7 heteroatoms. The molecule has 0 radical (unpaired) electrons. The van der Waals surface area contributed by atoms with Crippen LogP contribution >= 0.6 is 11.6 Å². The molecule has 2 fully saturated rings. The van der Waals surface area contributed by atoms with Gasteiger partial charge >= 0.3 is 0 Å². The SMILES string of the molecule is O=C(NCCNc1cc(N2CCCC2)ncn1)C1(c2ccc(Cl)cc2)CCCC1. The fraction of sp³-hybridized carbons (Fsp3) is 0.500. The highest BCUT2D eigenvalue weighted by molar-refractivity contribution is 6.30. The number of hydrogen-bond acceptors (Lipinski definition) is 5. The van der Waals surface area contributed by atoms with Crippen LogP contribution in [0, 0.1) is 0 Å². The Morgan fingerprint density at radius 1 is 1.03 bits per heavy atom. The van der Waals surface area contributed by atoms with E-state index in [1.54, 1.807) is 6.33 Å². The summed E-state index contributed by atoms with van der Waals surface area (Å²) in [5.41, 5.74) is 0.638. The minimum absolute atomic E-state index is 0.111. The summed E-state index contributed by atoms with van der Waals surface area (Å²) in [4.78, 5) is 24.0. The lowest BCUT2D eigenvalue weighted by molar-refractivity contribution is -0.126. The van der Waals surface area contributed by atoms with Crippen LogP contribution in [0.1, 0.15) is 44.1 Å². The molecule has 2 aliphatic rings. The minimum Gasteiger partial charge on any atom is -0.368 e. The van der Waals surface area contributed by atoms with Gasteiger partial charge in [-0.15, -0.1) is 0 Å². The second kappa shape index (κ2) is 8.99. The Labute approximate surface area is 177 Å². The Hall–Kier alpha value is -2.34. The first-order valence-electron chi connectivity index (χ1n) is 10.5. The molecule has 2 N–H and O–H groups in total. The summed E-state index contributed by atoms with van der Waals surface area (Å²) in [5, 5.41) is 7.13. The van der Waals surface area contributed by atoms with E-state index >= 15 is 0 Å². The first kappa shape index (κ1) is 20.0. The van der Waals surface area contributed by atoms with Gasteiger partial charge in [0.15, 0.2) is 0 Å². The quantitative estimate of drug-likeness (QED) is 0.676. The van der Waals surface area contributed by atoms with Gasteiger partial charge in [-0.3, -0.25) is 4.79 Å². The number of benzene rings is 1. The molecule has 29 heavy (non-hydrogen) atoms. The van der Waals surface area contributed by atoms with Gasteiger partial charge in [-0.05, 0) is 43.4 Å². The third-order valence-corrected chi connectivity index (χ3v) is 6.34. The normalized spacial score (nSPS) is 18.0. The lowest BCUT2D eigenvalue weighted by Crippen LogP contribution is -2.44. The summed E-state index contributed by atoms with van der Waals surface area (Å²) in [7, 11) is 0. The molecule has 0 bridgehead atoms. The highest BCUT2D eigenvalue weighted by Crippen LogP contribution is 2.41. The summed E-state index contributed by atoms with van der Waals surface area (Å²) in [6, 6.07) is 9.72. The molecule has 1 saturated carbocycles. The van der Waals surface area contributed by atoms with Gasteiger partial charge < -0.3 is 15.5 Å². The molecule has 0 spiro atoms. The molecule has 1 aliphatic carbocycles. The standard InChI is InChI=1S/C22H28ClN5O/c23-18-7-5-17(6-8-18)22(9-1-2-10-22)21(29)25-12-11-24-19-15-20(27-16-26-19)28-13-3-4-14-28/h5-8,15-16H,1-4,9-14H2,(H,25,29)(H,24,26,27). The third-order valence-electron chi connectivity index (χ3n) is 6.09. The van der Waals surface area contributed by atoms with Crippen LogP contribution in [-0.4, -0.2) is 42.1 Å². The van der Waals surface area contributed by atoms with Gasteiger partial charge in [-0.25, -0.2) is 9.97 Å². The average molecular weight is 414 g/mol. The molecular weight excluding hydrogens is 386 g/mol. The lowest BCUT2D eigenvalue weighted by atomic mass is 9.78. The molecular formula is C22H28ClN5O. The van der Waals surface area contributed by atoms with Crippen molar-refractivity contribution >= 4 is 29.1 Å². The molecule has 1 aromatic carbocycles. The topological polar surface area (TPSA) is 70.2 Å². The van der Waals surface area contributed by atoms with Crippen LogP contribution in [0.15, 0.2) is 36.7 Å². The zero-order valence-corrected chi connectivity index (χ0v) is 17.4. The average Bonchev–Trinajstić information content (AvgIpc) is 3.45. The Morgan fingerprint density at radius 2 is 1.76 bits per heavy atom. The molecule has 0 unspecified atom stereocenters. The molecule has 1 amide bonds. The van der Waals surface area contributed by atoms with E-state index in [1.165, 1.54) is 12.8 Å². The first-order valence-corrected chi connectivity index (χ1v) is 10.9. The van der Waals surface area contributed by atoms with E-state index in [0.717, 1.165) is 56.0 Å². The van der Waals surface area contributed by atoms with Crippen molar-refractivity contribution in [2.45, 2.75) is 43.9 Å². The van der Waals surface area contributed by atoms with E-state index in [4.69, 9.17) is 11.6 Å². The maximum Gasteiger partial charge on any atom is 0.230 e. The van der Waals surface area contributed by atoms with E-state index in [1.807, 2.05) is 30.3 Å². The summed E-state index contributed by atoms with van der Waals surface area (Å²) in [5.74, 6) is 1.88. The highest BCUT2D eigenvalue weighted by Gasteiger charge is 2.42. The van der Waals surface area contributed by atoms with Gasteiger partial charge in [0.05, 0.1) is 5.41 Å². The van der Waals surface area contributed by atoms with Crippen molar-refractivity contribution in [3.63, 3.8) is 0 Å². The number of anilines is 2. The van der Waals surface area contributed by atoms with E-state index in [0.29, 0.717) is 18.1 Å². The van der Waals surface area contributed by atoms with Crippen LogP contribution in [0.2, 0.25) is 5.02 Å². The highest BCUT2D eigenvalue weighted by atomic mass is 35.5. The lowest BCUT2D eigenvalue weighted by Gasteiger charge is -2.28. The molecule has 1 aliphatic heterocycles. The molecule has 0 atom stereocenters. The van der Waals surface area contributed by atoms with E-state index in [2.05, 4.69) is 25.5 Å². The van der Waals surface area contributed by atoms with Crippen molar-refractivity contribution < 1.29 is 4.79 Å². The van der Waals surface area contributed by atoms with Gasteiger partial charge in [-0.1, -0.05) is 36.6 Å². The van der Waals surface area contributed by atoms with Crippen molar-refractivity contribution in [2.24, 2.45) is 0 Å². The van der Waals surface area contributed by atoms with Gasteiger partial charge in [0, 0.05) is 37.3 Å². The van der Waals surface area contributed by atoms with Crippen molar-refractivity contribution in [2.75, 3.05) is 36.4 Å². The number of aromatic nitrogens is 2. The Morgan fingerprint density at radius 3 is 2.48 bits per heavy atom. The number of amides is 1. The van der Waals surface area contributed by atoms with Crippen LogP contribution < -0.4 is 15.5 Å². The number of carbonyl (C=O) groups is 1. The summed E-state index contributed by atoms with van der Waals surface area (Å²) >= 11 is 6.03. The van der Waals surface area contributed by atoms with Crippen molar-refractivity contribution in [3.05, 3.63) is 47.2 Å². The maximum absolute atomic E-state index is 13.1. The summed E-state index contributed by atoms with van der Waals surface area (Å²) in [6.07, 6.45) is 7.96. The number of nitrogens with zero attached hydrogens (tertiary/aromatic N) is 3. The van der Waals surface area contributed by atoms with Crippen molar-refractivity contribution in [3.8, 4) is 0 Å². The van der Waals surface area contributed by atoms with Crippen LogP contribution in [0.25, 0.3) is 0 Å². The van der Waals surface area contributed by atoms with Crippen LogP contribution in [0.5, 0.6) is 0 Å². The number of hydrogen-bond donors (Lipinski definition) is 2. The zero-order chi connectivity index (χ0) is 20.1. The number of carbonyl (C=O) groups excluding carboxylic acids is 1. The van der Waals surface area contributed by atoms with Gasteiger partial charge in [0.1, 0.15) is 18.0 Å². The Kier molecular flexibility index (Phi) is 6.19. The first-order chi connectivity index (χ1) is 14.2. The maximum atomic E-state index is 13.1. The van der Waals surface area contributed by atoms with Gasteiger partial charge in [-0.2, -0.15) is 0 Å². The van der Waals surface area contributed by atoms with Crippen LogP contribution in [0.3, 0.4) is 0 Å². The van der Waals surface area contributed by atoms with Crippen LogP contribution in [-0.2, 0) is 10.2 Å². The third kappa shape index (κ3) is 4.47. The number of nitrogens with one attached hydrogen (secondary N) is 2.